The van der Waals surface area contributed by atoms with E-state index in [1.54, 1.807) is 18.1 Å². The molecule has 0 aromatic carbocycles. The summed E-state index contributed by atoms with van der Waals surface area (Å²) in [5.74, 6) is -0.627. The van der Waals surface area contributed by atoms with Crippen LogP contribution in [-0.2, 0) is 16.6 Å². The molecule has 2 rings (SSSR count). The van der Waals surface area contributed by atoms with Crippen molar-refractivity contribution in [1.29, 1.82) is 0 Å². The lowest BCUT2D eigenvalue weighted by atomic mass is 10.1. The van der Waals surface area contributed by atoms with Gasteiger partial charge in [-0.05, 0) is 0 Å². The summed E-state index contributed by atoms with van der Waals surface area (Å²) in [7, 11) is 1.64. The number of aryl methyl sites for hydroxylation is 1. The predicted octanol–water partition coefficient (Wildman–Crippen LogP) is -0.540. The Bertz CT molecular complexity index is 499. The standard InChI is InChI=1S/C11H15N3O4/c1-13-3-2-12-10(11(13)17)14-4-5-18-7-8(14)6-9(15)16/h2-3,8H,4-7H2,1H3,(H,15,16). The third-order valence-corrected chi connectivity index (χ3v) is 2.91. The average molecular weight is 253 g/mol. The van der Waals surface area contributed by atoms with Crippen LogP contribution >= 0.6 is 0 Å². The summed E-state index contributed by atoms with van der Waals surface area (Å²) in [5, 5.41) is 8.87. The molecule has 1 aliphatic heterocycles. The monoisotopic (exact) mass is 253 g/mol. The van der Waals surface area contributed by atoms with E-state index in [0.29, 0.717) is 19.8 Å². The van der Waals surface area contributed by atoms with Gasteiger partial charge in [0, 0.05) is 26.0 Å². The van der Waals surface area contributed by atoms with Gasteiger partial charge in [-0.15, -0.1) is 0 Å². The lowest BCUT2D eigenvalue weighted by Crippen LogP contribution is -2.49. The van der Waals surface area contributed by atoms with Crippen LogP contribution < -0.4 is 10.5 Å². The molecule has 0 saturated carbocycles. The van der Waals surface area contributed by atoms with E-state index in [2.05, 4.69) is 4.98 Å². The molecule has 1 aromatic rings. The zero-order valence-electron chi connectivity index (χ0n) is 10.1. The van der Waals surface area contributed by atoms with Crippen LogP contribution in [0.4, 0.5) is 5.82 Å². The predicted molar refractivity (Wildman–Crippen MR) is 63.7 cm³/mol. The molecule has 1 N–H and O–H groups in total. The van der Waals surface area contributed by atoms with E-state index in [0.717, 1.165) is 0 Å². The summed E-state index contributed by atoms with van der Waals surface area (Å²) in [6.45, 7) is 1.24. The van der Waals surface area contributed by atoms with Crippen molar-refractivity contribution in [3.05, 3.63) is 22.7 Å². The molecule has 98 valence electrons. The fourth-order valence-corrected chi connectivity index (χ4v) is 1.99. The van der Waals surface area contributed by atoms with Crippen molar-refractivity contribution in [1.82, 2.24) is 9.55 Å². The summed E-state index contributed by atoms with van der Waals surface area (Å²) in [4.78, 5) is 28.6. The van der Waals surface area contributed by atoms with Gasteiger partial charge in [0.15, 0.2) is 5.82 Å². The Hall–Kier alpha value is -1.89. The summed E-state index contributed by atoms with van der Waals surface area (Å²) in [5.41, 5.74) is -0.227. The van der Waals surface area contributed by atoms with Gasteiger partial charge >= 0.3 is 5.97 Å². The topological polar surface area (TPSA) is 84.7 Å². The zero-order chi connectivity index (χ0) is 13.1. The molecule has 7 nitrogen and oxygen atoms in total. The van der Waals surface area contributed by atoms with E-state index in [-0.39, 0.29) is 23.8 Å². The Kier molecular flexibility index (Phi) is 3.61. The number of aliphatic carboxylic acids is 1. The lowest BCUT2D eigenvalue weighted by molar-refractivity contribution is -0.138. The van der Waals surface area contributed by atoms with Crippen molar-refractivity contribution in [2.75, 3.05) is 24.7 Å². The number of anilines is 1. The number of aromatic nitrogens is 2. The second kappa shape index (κ2) is 5.18. The van der Waals surface area contributed by atoms with Gasteiger partial charge < -0.3 is 19.3 Å². The Labute approximate surface area is 104 Å². The first-order chi connectivity index (χ1) is 8.59. The van der Waals surface area contributed by atoms with Crippen LogP contribution in [0.15, 0.2) is 17.2 Å². The molecule has 7 heteroatoms. The van der Waals surface area contributed by atoms with Crippen molar-refractivity contribution in [2.24, 2.45) is 7.05 Å². The smallest absolute Gasteiger partial charge is 0.305 e. The van der Waals surface area contributed by atoms with E-state index in [1.807, 2.05) is 0 Å². The number of ether oxygens (including phenoxy) is 1. The molecule has 1 aliphatic rings. The highest BCUT2D eigenvalue weighted by Gasteiger charge is 2.28. The van der Waals surface area contributed by atoms with Gasteiger partial charge in [-0.3, -0.25) is 9.59 Å². The van der Waals surface area contributed by atoms with Gasteiger partial charge in [-0.25, -0.2) is 4.98 Å². The summed E-state index contributed by atoms with van der Waals surface area (Å²) >= 11 is 0. The molecule has 0 radical (unpaired) electrons. The number of carboxylic acid groups (broad SMARTS) is 1. The third-order valence-electron chi connectivity index (χ3n) is 2.91. The summed E-state index contributed by atoms with van der Waals surface area (Å²) < 4.78 is 6.69. The summed E-state index contributed by atoms with van der Waals surface area (Å²) in [6, 6.07) is -0.348. The van der Waals surface area contributed by atoms with Crippen LogP contribution in [-0.4, -0.2) is 46.4 Å². The van der Waals surface area contributed by atoms with Crippen molar-refractivity contribution in [3.8, 4) is 0 Å². The molecule has 0 bridgehead atoms. The van der Waals surface area contributed by atoms with E-state index in [9.17, 15) is 9.59 Å². The first-order valence-electron chi connectivity index (χ1n) is 5.67. The largest absolute Gasteiger partial charge is 0.481 e. The first-order valence-corrected chi connectivity index (χ1v) is 5.67. The van der Waals surface area contributed by atoms with Crippen molar-refractivity contribution >= 4 is 11.8 Å². The van der Waals surface area contributed by atoms with Crippen LogP contribution in [0, 0.1) is 0 Å². The van der Waals surface area contributed by atoms with E-state index in [4.69, 9.17) is 9.84 Å². The van der Waals surface area contributed by atoms with Gasteiger partial charge in [0.25, 0.3) is 5.56 Å². The van der Waals surface area contributed by atoms with Gasteiger partial charge in [0.05, 0.1) is 25.7 Å². The fourth-order valence-electron chi connectivity index (χ4n) is 1.99. The Morgan fingerprint density at radius 3 is 3.17 bits per heavy atom. The molecule has 1 atom stereocenters. The van der Waals surface area contributed by atoms with E-state index >= 15 is 0 Å². The van der Waals surface area contributed by atoms with Crippen molar-refractivity contribution < 1.29 is 14.6 Å². The molecule has 2 heterocycles. The third kappa shape index (κ3) is 2.51. The highest BCUT2D eigenvalue weighted by atomic mass is 16.5. The van der Waals surface area contributed by atoms with Crippen LogP contribution in [0.25, 0.3) is 0 Å². The second-order valence-corrected chi connectivity index (χ2v) is 4.19. The van der Waals surface area contributed by atoms with E-state index < -0.39 is 5.97 Å². The Balaban J connectivity index is 2.31. The Morgan fingerprint density at radius 1 is 1.67 bits per heavy atom. The number of carbonyl (C=O) groups is 1. The summed E-state index contributed by atoms with van der Waals surface area (Å²) in [6.07, 6.45) is 3.03. The zero-order valence-corrected chi connectivity index (χ0v) is 10.1. The number of hydrogen-bond acceptors (Lipinski definition) is 5. The molecule has 1 saturated heterocycles. The molecular formula is C11H15N3O4. The number of morpholine rings is 1. The van der Waals surface area contributed by atoms with Gasteiger partial charge in [-0.2, -0.15) is 0 Å². The minimum absolute atomic E-state index is 0.0697. The fraction of sp³-hybridized carbons (Fsp3) is 0.545. The number of hydrogen-bond donors (Lipinski definition) is 1. The SMILES string of the molecule is Cn1ccnc(N2CCOCC2CC(=O)O)c1=O. The first kappa shape index (κ1) is 12.6. The molecule has 0 spiro atoms. The number of carboxylic acids is 1. The maximum atomic E-state index is 12.0. The number of nitrogens with zero attached hydrogens (tertiary/aromatic N) is 3. The Morgan fingerprint density at radius 2 is 2.44 bits per heavy atom. The highest BCUT2D eigenvalue weighted by molar-refractivity contribution is 5.68. The average Bonchev–Trinajstić information content (AvgIpc) is 2.33. The maximum absolute atomic E-state index is 12.0. The molecule has 18 heavy (non-hydrogen) atoms. The normalized spacial score (nSPS) is 19.8. The molecule has 0 aliphatic carbocycles. The van der Waals surface area contributed by atoms with Crippen molar-refractivity contribution in [3.63, 3.8) is 0 Å². The molecule has 1 aromatic heterocycles. The van der Waals surface area contributed by atoms with E-state index in [1.165, 1.54) is 10.8 Å². The van der Waals surface area contributed by atoms with Crippen LogP contribution in [0.3, 0.4) is 0 Å². The van der Waals surface area contributed by atoms with Gasteiger partial charge in [0.2, 0.25) is 0 Å². The van der Waals surface area contributed by atoms with Gasteiger partial charge in [-0.1, -0.05) is 0 Å². The van der Waals surface area contributed by atoms with Gasteiger partial charge in [0.1, 0.15) is 0 Å². The number of rotatable bonds is 3. The molecule has 1 unspecified atom stereocenters. The highest BCUT2D eigenvalue weighted by Crippen LogP contribution is 2.15. The van der Waals surface area contributed by atoms with Crippen LogP contribution in [0.2, 0.25) is 0 Å². The van der Waals surface area contributed by atoms with Crippen LogP contribution in [0.1, 0.15) is 6.42 Å². The molecule has 1 fully saturated rings. The lowest BCUT2D eigenvalue weighted by Gasteiger charge is -2.35. The quantitative estimate of drug-likeness (QED) is 0.778. The molecular weight excluding hydrogens is 238 g/mol. The minimum Gasteiger partial charge on any atom is -0.481 e. The second-order valence-electron chi connectivity index (χ2n) is 4.19. The molecule has 0 amide bonds. The van der Waals surface area contributed by atoms with Crippen LogP contribution in [0.5, 0.6) is 0 Å². The maximum Gasteiger partial charge on any atom is 0.305 e. The minimum atomic E-state index is -0.914. The van der Waals surface area contributed by atoms with Crippen molar-refractivity contribution in [2.45, 2.75) is 12.5 Å².